The second-order valence-electron chi connectivity index (χ2n) is 8.27. The van der Waals surface area contributed by atoms with Crippen LogP contribution in [0.1, 0.15) is 132 Å². The van der Waals surface area contributed by atoms with Crippen molar-refractivity contribution in [3.05, 3.63) is 17.0 Å². The van der Waals surface area contributed by atoms with Crippen molar-refractivity contribution in [1.82, 2.24) is 5.16 Å². The smallest absolute Gasteiger partial charge is 0.142 e. The van der Waals surface area contributed by atoms with E-state index in [-0.39, 0.29) is 0 Å². The number of aromatic nitrogens is 1. The summed E-state index contributed by atoms with van der Waals surface area (Å²) in [4.78, 5) is 0. The van der Waals surface area contributed by atoms with E-state index in [1.165, 1.54) is 5.56 Å². The molecule has 1 aromatic rings. The van der Waals surface area contributed by atoms with Gasteiger partial charge < -0.3 is 4.52 Å². The average Bonchev–Trinajstić information content (AvgIpc) is 2.84. The Morgan fingerprint density at radius 3 is 1.12 bits per heavy atom. The summed E-state index contributed by atoms with van der Waals surface area (Å²) in [6, 6.07) is 0. The van der Waals surface area contributed by atoms with Gasteiger partial charge in [-0.3, -0.25) is 0 Å². The molecule has 0 N–H and O–H groups in total. The molecule has 0 spiro atoms. The van der Waals surface area contributed by atoms with Crippen LogP contribution in [0.5, 0.6) is 0 Å². The van der Waals surface area contributed by atoms with Gasteiger partial charge in [-0.25, -0.2) is 0 Å². The van der Waals surface area contributed by atoms with E-state index in [0.29, 0.717) is 17.8 Å². The van der Waals surface area contributed by atoms with Crippen molar-refractivity contribution in [2.45, 2.75) is 115 Å². The highest BCUT2D eigenvalue weighted by Gasteiger charge is 2.22. The predicted molar refractivity (Wildman–Crippen MR) is 111 cm³/mol. The van der Waals surface area contributed by atoms with E-state index >= 15 is 0 Å². The minimum Gasteiger partial charge on any atom is -0.361 e. The zero-order valence-electron chi connectivity index (χ0n) is 19.2. The first-order valence-electron chi connectivity index (χ1n) is 9.90. The van der Waals surface area contributed by atoms with Gasteiger partial charge in [-0.1, -0.05) is 102 Å². The number of nitrogens with zero attached hydrogens (tertiary/aromatic N) is 1. The molecule has 0 aliphatic rings. The molecule has 0 aliphatic carbocycles. The summed E-state index contributed by atoms with van der Waals surface area (Å²) in [7, 11) is 0. The van der Waals surface area contributed by atoms with Crippen LogP contribution in [-0.2, 0) is 0 Å². The molecule has 0 unspecified atom stereocenters. The molecule has 0 saturated heterocycles. The maximum atomic E-state index is 5.43. The first-order valence-corrected chi connectivity index (χ1v) is 9.90. The van der Waals surface area contributed by atoms with Gasteiger partial charge in [0.1, 0.15) is 5.76 Å². The molecule has 2 heteroatoms. The van der Waals surface area contributed by atoms with Gasteiger partial charge >= 0.3 is 0 Å². The molecule has 1 aromatic heterocycles. The van der Waals surface area contributed by atoms with E-state index in [2.05, 4.69) is 88.2 Å². The highest BCUT2D eigenvalue weighted by Crippen LogP contribution is 2.32. The second-order valence-corrected chi connectivity index (χ2v) is 8.27. The Morgan fingerprint density at radius 1 is 0.583 bits per heavy atom. The third kappa shape index (κ3) is 14.8. The van der Waals surface area contributed by atoms with Gasteiger partial charge in [0.15, 0.2) is 0 Å². The van der Waals surface area contributed by atoms with Crippen LogP contribution in [-0.4, -0.2) is 5.16 Å². The van der Waals surface area contributed by atoms with Gasteiger partial charge in [0.05, 0.1) is 5.69 Å². The van der Waals surface area contributed by atoms with Gasteiger partial charge in [-0.15, -0.1) is 0 Å². The Morgan fingerprint density at radius 2 is 0.917 bits per heavy atom. The van der Waals surface area contributed by atoms with Crippen molar-refractivity contribution in [1.29, 1.82) is 0 Å². The second kappa shape index (κ2) is 15.7. The molecular weight excluding hydrogens is 294 g/mol. The Hall–Kier alpha value is -0.790. The van der Waals surface area contributed by atoms with E-state index in [4.69, 9.17) is 4.52 Å². The molecule has 0 aliphatic heterocycles. The molecule has 0 aromatic carbocycles. The summed E-state index contributed by atoms with van der Waals surface area (Å²) >= 11 is 0. The molecule has 0 bridgehead atoms. The molecule has 0 saturated carbocycles. The van der Waals surface area contributed by atoms with Crippen molar-refractivity contribution in [2.75, 3.05) is 0 Å². The normalized spacial score (nSPS) is 10.3. The van der Waals surface area contributed by atoms with Crippen molar-refractivity contribution in [2.24, 2.45) is 11.8 Å². The fourth-order valence-electron chi connectivity index (χ4n) is 1.74. The van der Waals surface area contributed by atoms with Crippen LogP contribution >= 0.6 is 0 Å². The lowest BCUT2D eigenvalue weighted by Gasteiger charge is -2.10. The molecule has 1 heterocycles. The maximum Gasteiger partial charge on any atom is 0.142 e. The van der Waals surface area contributed by atoms with Crippen molar-refractivity contribution >= 4 is 0 Å². The Kier molecular flexibility index (Phi) is 18.4. The zero-order chi connectivity index (χ0) is 20.0. The summed E-state index contributed by atoms with van der Waals surface area (Å²) in [6.45, 7) is 30.0. The number of rotatable bonds is 3. The summed E-state index contributed by atoms with van der Waals surface area (Å²) in [6.07, 6.45) is 0. The summed E-state index contributed by atoms with van der Waals surface area (Å²) in [5, 5.41) is 4.18. The summed E-state index contributed by atoms with van der Waals surface area (Å²) < 4.78 is 5.43. The van der Waals surface area contributed by atoms with E-state index < -0.39 is 0 Å². The molecule has 146 valence electrons. The summed E-state index contributed by atoms with van der Waals surface area (Å²) in [5.74, 6) is 4.09. The largest absolute Gasteiger partial charge is 0.361 e. The van der Waals surface area contributed by atoms with Crippen LogP contribution in [0.25, 0.3) is 0 Å². The zero-order valence-corrected chi connectivity index (χ0v) is 19.2. The summed E-state index contributed by atoms with van der Waals surface area (Å²) in [5.41, 5.74) is 2.44. The SMILES string of the molecule is CC.CC(C)C.CC(C)C.CC(C)c1noc(C(C)C)c1C(C)C. The third-order valence-electron chi connectivity index (χ3n) is 2.43. The van der Waals surface area contributed by atoms with Crippen LogP contribution < -0.4 is 0 Å². The van der Waals surface area contributed by atoms with Crippen LogP contribution in [0.2, 0.25) is 0 Å². The topological polar surface area (TPSA) is 26.0 Å². The monoisotopic (exact) mass is 341 g/mol. The van der Waals surface area contributed by atoms with Crippen LogP contribution in [0.3, 0.4) is 0 Å². The van der Waals surface area contributed by atoms with Gasteiger partial charge in [0.25, 0.3) is 0 Å². The van der Waals surface area contributed by atoms with E-state index in [1.54, 1.807) is 0 Å². The van der Waals surface area contributed by atoms with Gasteiger partial charge in [-0.2, -0.15) is 0 Å². The molecule has 2 nitrogen and oxygen atoms in total. The molecule has 0 fully saturated rings. The molecular formula is C22H47NO. The number of hydrogen-bond donors (Lipinski definition) is 0. The van der Waals surface area contributed by atoms with Gasteiger partial charge in [0, 0.05) is 11.5 Å². The lowest BCUT2D eigenvalue weighted by atomic mass is 9.92. The van der Waals surface area contributed by atoms with Gasteiger partial charge in [0.2, 0.25) is 0 Å². The lowest BCUT2D eigenvalue weighted by molar-refractivity contribution is 0.362. The maximum absolute atomic E-state index is 5.43. The minimum atomic E-state index is 0.424. The first kappa shape index (κ1) is 28.0. The first-order chi connectivity index (χ1) is 10.9. The Bertz CT molecular complexity index is 336. The quantitative estimate of drug-likeness (QED) is 0.551. The van der Waals surface area contributed by atoms with Crippen molar-refractivity contribution in [3.63, 3.8) is 0 Å². The van der Waals surface area contributed by atoms with Crippen molar-refractivity contribution < 1.29 is 4.52 Å². The predicted octanol–water partition coefficient (Wildman–Crippen LogP) is 8.40. The standard InChI is InChI=1S/C12H21NO.2C4H10.C2H6/c1-7(2)10-11(8(3)4)13-14-12(10)9(5)6;2*1-4(2)3;1-2/h7-9H,1-6H3;2*4H,1-3H3;1-2H3. The fraction of sp³-hybridized carbons (Fsp3) is 0.864. The highest BCUT2D eigenvalue weighted by atomic mass is 16.5. The van der Waals surface area contributed by atoms with E-state index in [9.17, 15) is 0 Å². The Labute approximate surface area is 153 Å². The highest BCUT2D eigenvalue weighted by molar-refractivity contribution is 5.30. The Balaban J connectivity index is -0.000000367. The molecule has 0 radical (unpaired) electrons. The van der Waals surface area contributed by atoms with Crippen LogP contribution in [0, 0.1) is 11.8 Å². The van der Waals surface area contributed by atoms with Crippen LogP contribution in [0.15, 0.2) is 4.52 Å². The number of hydrogen-bond acceptors (Lipinski definition) is 2. The average molecular weight is 342 g/mol. The van der Waals surface area contributed by atoms with E-state index in [1.807, 2.05) is 13.8 Å². The van der Waals surface area contributed by atoms with E-state index in [0.717, 1.165) is 23.3 Å². The van der Waals surface area contributed by atoms with Crippen molar-refractivity contribution in [3.8, 4) is 0 Å². The molecule has 0 amide bonds. The molecule has 1 rings (SSSR count). The fourth-order valence-corrected chi connectivity index (χ4v) is 1.74. The molecule has 24 heavy (non-hydrogen) atoms. The lowest BCUT2D eigenvalue weighted by Crippen LogP contribution is -2.00. The van der Waals surface area contributed by atoms with Crippen LogP contribution in [0.4, 0.5) is 0 Å². The van der Waals surface area contributed by atoms with Gasteiger partial charge in [-0.05, 0) is 23.7 Å². The minimum absolute atomic E-state index is 0.424. The molecule has 0 atom stereocenters. The third-order valence-corrected chi connectivity index (χ3v) is 2.43.